The number of fused-ring (bicyclic) bond motifs is 1. The Balaban J connectivity index is 1.81. The molecule has 1 aliphatic heterocycles. The molecule has 0 unspecified atom stereocenters. The van der Waals surface area contributed by atoms with E-state index >= 15 is 0 Å². The molecule has 0 aliphatic carbocycles. The normalized spacial score (nSPS) is 18.7. The zero-order valence-electron chi connectivity index (χ0n) is 12.7. The lowest BCUT2D eigenvalue weighted by atomic mass is 9.96. The van der Waals surface area contributed by atoms with Crippen LogP contribution in [0.25, 0.3) is 0 Å². The molecule has 2 aromatic heterocycles. The predicted molar refractivity (Wildman–Crippen MR) is 80.9 cm³/mol. The molecule has 2 aromatic rings. The Morgan fingerprint density at radius 1 is 1.33 bits per heavy atom. The first-order valence-electron chi connectivity index (χ1n) is 7.46. The summed E-state index contributed by atoms with van der Waals surface area (Å²) < 4.78 is 7.54. The number of rotatable bonds is 5. The number of hydrogen-bond donors (Lipinski definition) is 0. The standard InChI is InChI=1S/C16H22N4O/c1-3-20-16-14(8-18-20)10-19(11-15(16)12-21-2)9-13-4-6-17-7-5-13/h4-8,15H,3,9-12H2,1-2H3/t15-/m0/s1. The van der Waals surface area contributed by atoms with Gasteiger partial charge in [0.25, 0.3) is 0 Å². The van der Waals surface area contributed by atoms with Crippen molar-refractivity contribution < 1.29 is 4.74 Å². The Bertz CT molecular complexity index is 581. The van der Waals surface area contributed by atoms with Crippen molar-refractivity contribution in [1.29, 1.82) is 0 Å². The van der Waals surface area contributed by atoms with Crippen molar-refractivity contribution in [2.75, 3.05) is 20.3 Å². The Labute approximate surface area is 125 Å². The van der Waals surface area contributed by atoms with Crippen LogP contribution in [0.15, 0.2) is 30.7 Å². The van der Waals surface area contributed by atoms with Crippen LogP contribution in [0.2, 0.25) is 0 Å². The number of aryl methyl sites for hydroxylation is 1. The van der Waals surface area contributed by atoms with Gasteiger partial charge in [-0.3, -0.25) is 14.6 Å². The number of pyridine rings is 1. The highest BCUT2D eigenvalue weighted by molar-refractivity contribution is 5.26. The zero-order valence-corrected chi connectivity index (χ0v) is 12.7. The van der Waals surface area contributed by atoms with Crippen LogP contribution in [-0.4, -0.2) is 39.9 Å². The minimum atomic E-state index is 0.392. The van der Waals surface area contributed by atoms with E-state index in [0.29, 0.717) is 5.92 Å². The molecular formula is C16H22N4O. The molecule has 0 amide bonds. The van der Waals surface area contributed by atoms with E-state index in [4.69, 9.17) is 4.74 Å². The van der Waals surface area contributed by atoms with Crippen molar-refractivity contribution in [1.82, 2.24) is 19.7 Å². The van der Waals surface area contributed by atoms with Gasteiger partial charge in [-0.05, 0) is 24.6 Å². The first kappa shape index (κ1) is 14.2. The van der Waals surface area contributed by atoms with Gasteiger partial charge < -0.3 is 4.74 Å². The summed E-state index contributed by atoms with van der Waals surface area (Å²) >= 11 is 0. The Morgan fingerprint density at radius 2 is 2.14 bits per heavy atom. The third-order valence-electron chi connectivity index (χ3n) is 4.04. The van der Waals surface area contributed by atoms with Crippen molar-refractivity contribution in [2.24, 2.45) is 0 Å². The lowest BCUT2D eigenvalue weighted by Crippen LogP contribution is -2.35. The summed E-state index contributed by atoms with van der Waals surface area (Å²) in [6.45, 7) is 6.71. The number of methoxy groups -OCH3 is 1. The van der Waals surface area contributed by atoms with E-state index in [-0.39, 0.29) is 0 Å². The van der Waals surface area contributed by atoms with Crippen molar-refractivity contribution in [2.45, 2.75) is 32.5 Å². The first-order chi connectivity index (χ1) is 10.3. The summed E-state index contributed by atoms with van der Waals surface area (Å²) in [7, 11) is 1.77. The van der Waals surface area contributed by atoms with E-state index in [2.05, 4.69) is 38.7 Å². The summed E-state index contributed by atoms with van der Waals surface area (Å²) in [6.07, 6.45) is 5.72. The maximum absolute atomic E-state index is 5.43. The van der Waals surface area contributed by atoms with E-state index in [0.717, 1.165) is 32.8 Å². The van der Waals surface area contributed by atoms with Gasteiger partial charge in [0.15, 0.2) is 0 Å². The molecule has 3 rings (SSSR count). The first-order valence-corrected chi connectivity index (χ1v) is 7.46. The topological polar surface area (TPSA) is 43.2 Å². The van der Waals surface area contributed by atoms with Crippen molar-refractivity contribution in [3.8, 4) is 0 Å². The van der Waals surface area contributed by atoms with Crippen LogP contribution in [0.1, 0.15) is 29.7 Å². The van der Waals surface area contributed by atoms with Crippen molar-refractivity contribution >= 4 is 0 Å². The van der Waals surface area contributed by atoms with Crippen LogP contribution >= 0.6 is 0 Å². The number of aromatic nitrogens is 3. The second-order valence-corrected chi connectivity index (χ2v) is 5.55. The molecule has 5 heteroatoms. The molecule has 3 heterocycles. The second-order valence-electron chi connectivity index (χ2n) is 5.55. The van der Waals surface area contributed by atoms with Crippen molar-refractivity contribution in [3.05, 3.63) is 47.5 Å². The van der Waals surface area contributed by atoms with E-state index in [1.807, 2.05) is 18.6 Å². The fourth-order valence-corrected chi connectivity index (χ4v) is 3.18. The summed E-state index contributed by atoms with van der Waals surface area (Å²) in [5.74, 6) is 0.392. The SMILES string of the molecule is CCn1ncc2c1[C@H](COC)CN(Cc1ccncc1)C2. The number of nitrogens with zero attached hydrogens (tertiary/aromatic N) is 4. The highest BCUT2D eigenvalue weighted by atomic mass is 16.5. The van der Waals surface area contributed by atoms with Crippen LogP contribution < -0.4 is 0 Å². The summed E-state index contributed by atoms with van der Waals surface area (Å²) in [5.41, 5.74) is 3.98. The van der Waals surface area contributed by atoms with Gasteiger partial charge in [-0.1, -0.05) is 0 Å². The number of hydrogen-bond acceptors (Lipinski definition) is 4. The van der Waals surface area contributed by atoms with Gasteiger partial charge in [-0.15, -0.1) is 0 Å². The summed E-state index contributed by atoms with van der Waals surface area (Å²) in [4.78, 5) is 6.54. The van der Waals surface area contributed by atoms with E-state index in [1.54, 1.807) is 7.11 Å². The van der Waals surface area contributed by atoms with Gasteiger partial charge in [-0.25, -0.2) is 0 Å². The minimum Gasteiger partial charge on any atom is -0.384 e. The predicted octanol–water partition coefficient (Wildman–Crippen LogP) is 2.04. The molecule has 5 nitrogen and oxygen atoms in total. The molecule has 0 radical (unpaired) electrons. The van der Waals surface area contributed by atoms with Crippen molar-refractivity contribution in [3.63, 3.8) is 0 Å². The molecule has 1 aliphatic rings. The van der Waals surface area contributed by atoms with Crippen LogP contribution in [0, 0.1) is 0 Å². The van der Waals surface area contributed by atoms with E-state index < -0.39 is 0 Å². The minimum absolute atomic E-state index is 0.392. The van der Waals surface area contributed by atoms with Crippen LogP contribution in [0.5, 0.6) is 0 Å². The average molecular weight is 286 g/mol. The maximum atomic E-state index is 5.43. The Hall–Kier alpha value is -1.72. The third kappa shape index (κ3) is 2.99. The highest BCUT2D eigenvalue weighted by Gasteiger charge is 2.28. The van der Waals surface area contributed by atoms with Gasteiger partial charge >= 0.3 is 0 Å². The van der Waals surface area contributed by atoms with Crippen LogP contribution in [0.3, 0.4) is 0 Å². The molecule has 112 valence electrons. The van der Waals surface area contributed by atoms with Gasteiger partial charge in [-0.2, -0.15) is 5.10 Å². The van der Waals surface area contributed by atoms with Gasteiger partial charge in [0.05, 0.1) is 12.8 Å². The van der Waals surface area contributed by atoms with Crippen LogP contribution in [0.4, 0.5) is 0 Å². The number of ether oxygens (including phenoxy) is 1. The summed E-state index contributed by atoms with van der Waals surface area (Å²) in [6, 6.07) is 4.16. The molecule has 0 spiro atoms. The molecule has 0 saturated heterocycles. The Morgan fingerprint density at radius 3 is 2.86 bits per heavy atom. The molecule has 0 aromatic carbocycles. The highest BCUT2D eigenvalue weighted by Crippen LogP contribution is 2.29. The van der Waals surface area contributed by atoms with Gasteiger partial charge in [0.2, 0.25) is 0 Å². The lowest BCUT2D eigenvalue weighted by molar-refractivity contribution is 0.132. The van der Waals surface area contributed by atoms with Gasteiger partial charge in [0, 0.05) is 62.9 Å². The zero-order chi connectivity index (χ0) is 14.7. The van der Waals surface area contributed by atoms with Gasteiger partial charge in [0.1, 0.15) is 0 Å². The largest absolute Gasteiger partial charge is 0.384 e. The molecule has 21 heavy (non-hydrogen) atoms. The molecule has 0 saturated carbocycles. The average Bonchev–Trinajstić information content (AvgIpc) is 2.92. The van der Waals surface area contributed by atoms with Crippen LogP contribution in [-0.2, 0) is 24.4 Å². The van der Waals surface area contributed by atoms with E-state index in [9.17, 15) is 0 Å². The fraction of sp³-hybridized carbons (Fsp3) is 0.500. The fourth-order valence-electron chi connectivity index (χ4n) is 3.18. The second kappa shape index (κ2) is 6.37. The smallest absolute Gasteiger partial charge is 0.0558 e. The molecule has 0 N–H and O–H groups in total. The lowest BCUT2D eigenvalue weighted by Gasteiger charge is -2.33. The Kier molecular flexibility index (Phi) is 4.31. The molecule has 0 bridgehead atoms. The molecule has 1 atom stereocenters. The quantitative estimate of drug-likeness (QED) is 0.843. The monoisotopic (exact) mass is 286 g/mol. The summed E-state index contributed by atoms with van der Waals surface area (Å²) in [5, 5.41) is 4.51. The van der Waals surface area contributed by atoms with E-state index in [1.165, 1.54) is 16.8 Å². The third-order valence-corrected chi connectivity index (χ3v) is 4.04. The maximum Gasteiger partial charge on any atom is 0.0558 e. The molecular weight excluding hydrogens is 264 g/mol. The molecule has 0 fully saturated rings.